The number of nitrogens with one attached hydrogen (secondary N) is 1. The molecule has 0 spiro atoms. The Morgan fingerprint density at radius 3 is 2.56 bits per heavy atom. The molecule has 1 aliphatic rings. The van der Waals surface area contributed by atoms with Crippen LogP contribution in [0.3, 0.4) is 0 Å². The molecule has 100 valence electrons. The third-order valence-corrected chi connectivity index (χ3v) is 3.83. The summed E-state index contributed by atoms with van der Waals surface area (Å²) < 4.78 is 20.6. The summed E-state index contributed by atoms with van der Waals surface area (Å²) in [7, 11) is 0. The predicted octanol–water partition coefficient (Wildman–Crippen LogP) is 4.35. The lowest BCUT2D eigenvalue weighted by atomic mass is 9.94. The van der Waals surface area contributed by atoms with E-state index < -0.39 is 0 Å². The minimum Gasteiger partial charge on any atom is -0.377 e. The number of benzene rings is 1. The molecule has 18 heavy (non-hydrogen) atoms. The second-order valence-corrected chi connectivity index (χ2v) is 6.91. The van der Waals surface area contributed by atoms with E-state index in [9.17, 15) is 4.39 Å². The molecule has 2 nitrogen and oxygen atoms in total. The third-order valence-electron chi connectivity index (χ3n) is 3.33. The quantitative estimate of drug-likeness (QED) is 0.876. The van der Waals surface area contributed by atoms with Gasteiger partial charge in [0.1, 0.15) is 5.82 Å². The van der Waals surface area contributed by atoms with Gasteiger partial charge in [-0.1, -0.05) is 15.9 Å². The van der Waals surface area contributed by atoms with Crippen molar-refractivity contribution < 1.29 is 9.13 Å². The standard InChI is InChI=1S/C14H19BrFNO/c1-13(2)8-12(14(3,4)18-13)17-11-7-9(15)5-6-10(11)16/h5-7,12,17H,8H2,1-4H3. The monoisotopic (exact) mass is 315 g/mol. The molecule has 4 heteroatoms. The fraction of sp³-hybridized carbons (Fsp3) is 0.571. The molecule has 1 saturated heterocycles. The van der Waals surface area contributed by atoms with Crippen LogP contribution in [-0.4, -0.2) is 17.2 Å². The molecule has 1 aromatic carbocycles. The molecule has 0 aromatic heterocycles. The van der Waals surface area contributed by atoms with Gasteiger partial charge in [-0.2, -0.15) is 0 Å². The zero-order chi connectivity index (χ0) is 13.6. The number of rotatable bonds is 2. The molecule has 1 fully saturated rings. The molecule has 1 unspecified atom stereocenters. The highest BCUT2D eigenvalue weighted by Gasteiger charge is 2.45. The van der Waals surface area contributed by atoms with Gasteiger partial charge in [0, 0.05) is 4.47 Å². The topological polar surface area (TPSA) is 21.3 Å². The van der Waals surface area contributed by atoms with E-state index in [2.05, 4.69) is 35.1 Å². The van der Waals surface area contributed by atoms with Gasteiger partial charge < -0.3 is 10.1 Å². The summed E-state index contributed by atoms with van der Waals surface area (Å²) in [4.78, 5) is 0. The normalized spacial score (nSPS) is 25.1. The van der Waals surface area contributed by atoms with Crippen molar-refractivity contribution in [2.75, 3.05) is 5.32 Å². The second-order valence-electron chi connectivity index (χ2n) is 5.99. The van der Waals surface area contributed by atoms with Crippen molar-refractivity contribution in [3.63, 3.8) is 0 Å². The molecule has 0 aliphatic carbocycles. The number of hydrogen-bond acceptors (Lipinski definition) is 2. The van der Waals surface area contributed by atoms with Crippen LogP contribution in [0.4, 0.5) is 10.1 Å². The summed E-state index contributed by atoms with van der Waals surface area (Å²) in [6.07, 6.45) is 0.853. The van der Waals surface area contributed by atoms with Crippen LogP contribution in [0, 0.1) is 5.82 Å². The largest absolute Gasteiger partial charge is 0.377 e. The van der Waals surface area contributed by atoms with Crippen LogP contribution in [0.1, 0.15) is 34.1 Å². The molecule has 0 amide bonds. The van der Waals surface area contributed by atoms with Gasteiger partial charge in [-0.3, -0.25) is 0 Å². The lowest BCUT2D eigenvalue weighted by molar-refractivity contribution is -0.0662. The van der Waals surface area contributed by atoms with Crippen LogP contribution in [0.5, 0.6) is 0 Å². The van der Waals surface area contributed by atoms with Gasteiger partial charge >= 0.3 is 0 Å². The van der Waals surface area contributed by atoms with Crippen LogP contribution in [0.25, 0.3) is 0 Å². The Morgan fingerprint density at radius 2 is 2.00 bits per heavy atom. The van der Waals surface area contributed by atoms with Crippen molar-refractivity contribution in [2.45, 2.75) is 51.4 Å². The number of hydrogen-bond donors (Lipinski definition) is 1. The predicted molar refractivity (Wildman–Crippen MR) is 75.4 cm³/mol. The van der Waals surface area contributed by atoms with Crippen molar-refractivity contribution >= 4 is 21.6 Å². The van der Waals surface area contributed by atoms with Gasteiger partial charge in [0.2, 0.25) is 0 Å². The molecule has 0 radical (unpaired) electrons. The highest BCUT2D eigenvalue weighted by molar-refractivity contribution is 9.10. The van der Waals surface area contributed by atoms with Gasteiger partial charge in [0.05, 0.1) is 22.9 Å². The Balaban J connectivity index is 2.21. The Kier molecular flexibility index (Phi) is 3.45. The van der Waals surface area contributed by atoms with Crippen molar-refractivity contribution in [3.8, 4) is 0 Å². The molecule has 1 N–H and O–H groups in total. The number of anilines is 1. The maximum atomic E-state index is 13.7. The number of halogens is 2. The van der Waals surface area contributed by atoms with Crippen LogP contribution in [0.15, 0.2) is 22.7 Å². The summed E-state index contributed by atoms with van der Waals surface area (Å²) in [5.74, 6) is -0.237. The lowest BCUT2D eigenvalue weighted by Gasteiger charge is -2.28. The molecule has 0 bridgehead atoms. The SMILES string of the molecule is CC1(C)CC(Nc2cc(Br)ccc2F)C(C)(C)O1. The Bertz CT molecular complexity index is 459. The summed E-state index contributed by atoms with van der Waals surface area (Å²) in [6, 6.07) is 5.01. The molecule has 1 atom stereocenters. The first-order valence-electron chi connectivity index (χ1n) is 6.11. The van der Waals surface area contributed by atoms with Gasteiger partial charge in [-0.25, -0.2) is 4.39 Å². The van der Waals surface area contributed by atoms with E-state index in [1.54, 1.807) is 12.1 Å². The summed E-state index contributed by atoms with van der Waals surface area (Å²) >= 11 is 3.36. The second kappa shape index (κ2) is 4.49. The van der Waals surface area contributed by atoms with E-state index in [-0.39, 0.29) is 23.1 Å². The highest BCUT2D eigenvalue weighted by atomic mass is 79.9. The minimum absolute atomic E-state index is 0.0938. The van der Waals surface area contributed by atoms with Gasteiger partial charge in [-0.15, -0.1) is 0 Å². The van der Waals surface area contributed by atoms with E-state index >= 15 is 0 Å². The van der Waals surface area contributed by atoms with Crippen molar-refractivity contribution in [2.24, 2.45) is 0 Å². The van der Waals surface area contributed by atoms with Crippen molar-refractivity contribution in [3.05, 3.63) is 28.5 Å². The van der Waals surface area contributed by atoms with Crippen LogP contribution < -0.4 is 5.32 Å². The van der Waals surface area contributed by atoms with Crippen LogP contribution in [0.2, 0.25) is 0 Å². The van der Waals surface area contributed by atoms with Crippen molar-refractivity contribution in [1.82, 2.24) is 0 Å². The zero-order valence-electron chi connectivity index (χ0n) is 11.2. The average Bonchev–Trinajstić information content (AvgIpc) is 2.40. The highest BCUT2D eigenvalue weighted by Crippen LogP contribution is 2.39. The summed E-state index contributed by atoms with van der Waals surface area (Å²) in [5.41, 5.74) is 0.0331. The maximum Gasteiger partial charge on any atom is 0.146 e. The minimum atomic E-state index is -0.307. The molecular formula is C14H19BrFNO. The van der Waals surface area contributed by atoms with E-state index in [1.807, 2.05) is 13.8 Å². The first-order valence-corrected chi connectivity index (χ1v) is 6.91. The fourth-order valence-corrected chi connectivity index (χ4v) is 2.94. The molecule has 1 aliphatic heterocycles. The summed E-state index contributed by atoms with van der Waals surface area (Å²) in [5, 5.41) is 3.27. The molecular weight excluding hydrogens is 297 g/mol. The van der Waals surface area contributed by atoms with Gasteiger partial charge in [0.15, 0.2) is 0 Å². The third kappa shape index (κ3) is 2.86. The molecule has 1 heterocycles. The van der Waals surface area contributed by atoms with Crippen LogP contribution in [-0.2, 0) is 4.74 Å². The average molecular weight is 316 g/mol. The first kappa shape index (κ1) is 13.8. The van der Waals surface area contributed by atoms with Gasteiger partial charge in [-0.05, 0) is 52.3 Å². The summed E-state index contributed by atoms with van der Waals surface area (Å²) in [6.45, 7) is 8.20. The first-order chi connectivity index (χ1) is 8.20. The molecule has 2 rings (SSSR count). The Hall–Kier alpha value is -0.610. The van der Waals surface area contributed by atoms with E-state index in [0.717, 1.165) is 10.9 Å². The Labute approximate surface area is 116 Å². The van der Waals surface area contributed by atoms with Gasteiger partial charge in [0.25, 0.3) is 0 Å². The Morgan fingerprint density at radius 1 is 1.33 bits per heavy atom. The zero-order valence-corrected chi connectivity index (χ0v) is 12.8. The maximum absolute atomic E-state index is 13.7. The molecule has 0 saturated carbocycles. The molecule has 1 aromatic rings. The fourth-order valence-electron chi connectivity index (χ4n) is 2.58. The lowest BCUT2D eigenvalue weighted by Crippen LogP contribution is -2.38. The van der Waals surface area contributed by atoms with Crippen molar-refractivity contribution in [1.29, 1.82) is 0 Å². The smallest absolute Gasteiger partial charge is 0.146 e. The van der Waals surface area contributed by atoms with Crippen LogP contribution >= 0.6 is 15.9 Å². The van der Waals surface area contributed by atoms with E-state index in [4.69, 9.17) is 4.74 Å². The van der Waals surface area contributed by atoms with E-state index in [1.165, 1.54) is 6.07 Å². The van der Waals surface area contributed by atoms with E-state index in [0.29, 0.717) is 5.69 Å². The number of ether oxygens (including phenoxy) is 1.